The molecule has 0 aromatic carbocycles. The Morgan fingerprint density at radius 2 is 1.04 bits per heavy atom. The number of hydrogen-bond donors (Lipinski definition) is 4. The highest BCUT2D eigenvalue weighted by atomic mass is 16.1. The summed E-state index contributed by atoms with van der Waals surface area (Å²) >= 11 is 0. The Kier molecular flexibility index (Phi) is 5.27. The summed E-state index contributed by atoms with van der Waals surface area (Å²) in [5.41, 5.74) is -0.907. The van der Waals surface area contributed by atoms with E-state index in [1.165, 1.54) is 13.8 Å². The molecule has 0 aliphatic rings. The van der Waals surface area contributed by atoms with Crippen molar-refractivity contribution in [1.29, 1.82) is 21.0 Å². The van der Waals surface area contributed by atoms with Gasteiger partial charge in [-0.05, 0) is 25.0 Å². The van der Waals surface area contributed by atoms with Crippen molar-refractivity contribution in [1.82, 2.24) is 9.97 Å². The largest absolute Gasteiger partial charge is 0.353 e. The Balaban J connectivity index is 2.34. The molecular weight excluding hydrogens is 348 g/mol. The number of nitrogens with one attached hydrogen (secondary N) is 4. The van der Waals surface area contributed by atoms with Crippen LogP contribution in [0.15, 0.2) is 9.59 Å². The predicted octanol–water partition coefficient (Wildman–Crippen LogP) is 0.648. The highest BCUT2D eigenvalue weighted by Gasteiger charge is 2.16. The lowest BCUT2D eigenvalue weighted by atomic mass is 10.1. The Hall–Kier alpha value is -4.54. The molecule has 0 saturated carbocycles. The Morgan fingerprint density at radius 3 is 1.33 bits per heavy atom. The number of aromatic amines is 2. The fraction of sp³-hybridized carbons (Fsp3) is 0.176. The van der Waals surface area contributed by atoms with E-state index in [0.717, 1.165) is 0 Å². The third-order valence-electron chi connectivity index (χ3n) is 3.91. The molecule has 2 aromatic rings. The number of rotatable bonds is 4. The van der Waals surface area contributed by atoms with Gasteiger partial charge in [0, 0.05) is 0 Å². The third kappa shape index (κ3) is 3.32. The molecule has 0 saturated heterocycles. The van der Waals surface area contributed by atoms with E-state index in [2.05, 4.69) is 20.6 Å². The number of nitrogens with zero attached hydrogens (tertiary/aromatic N) is 4. The SMILES string of the molecule is Cc1c(C#N)c(NCNc2[nH]c(=O)c(C#N)c(C)c2C#N)[nH]c(=O)c1C#N. The first-order valence-corrected chi connectivity index (χ1v) is 7.51. The van der Waals surface area contributed by atoms with Crippen LogP contribution in [0.2, 0.25) is 0 Å². The van der Waals surface area contributed by atoms with Crippen LogP contribution in [-0.4, -0.2) is 16.6 Å². The molecule has 4 N–H and O–H groups in total. The fourth-order valence-corrected chi connectivity index (χ4v) is 2.48. The van der Waals surface area contributed by atoms with Gasteiger partial charge in [-0.25, -0.2) is 0 Å². The van der Waals surface area contributed by atoms with Crippen LogP contribution in [0.5, 0.6) is 0 Å². The minimum absolute atomic E-state index is 0.0636. The second-order valence-corrected chi connectivity index (χ2v) is 5.39. The Labute approximate surface area is 152 Å². The first-order chi connectivity index (χ1) is 12.9. The maximum atomic E-state index is 11.9. The van der Waals surface area contributed by atoms with Gasteiger partial charge in [-0.2, -0.15) is 21.0 Å². The van der Waals surface area contributed by atoms with Crippen molar-refractivity contribution in [2.45, 2.75) is 13.8 Å². The highest BCUT2D eigenvalue weighted by molar-refractivity contribution is 5.62. The highest BCUT2D eigenvalue weighted by Crippen LogP contribution is 2.18. The monoisotopic (exact) mass is 360 g/mol. The molecule has 0 aliphatic heterocycles. The van der Waals surface area contributed by atoms with E-state index in [-0.39, 0.29) is 51.7 Å². The third-order valence-corrected chi connectivity index (χ3v) is 3.91. The topological polar surface area (TPSA) is 185 Å². The molecule has 0 aliphatic carbocycles. The number of pyridine rings is 2. The van der Waals surface area contributed by atoms with Crippen LogP contribution in [0.25, 0.3) is 0 Å². The number of nitriles is 4. The summed E-state index contributed by atoms with van der Waals surface area (Å²) in [6.07, 6.45) is 0. The van der Waals surface area contributed by atoms with Crippen LogP contribution in [0.4, 0.5) is 11.6 Å². The lowest BCUT2D eigenvalue weighted by Crippen LogP contribution is -2.23. The molecule has 10 nitrogen and oxygen atoms in total. The van der Waals surface area contributed by atoms with Gasteiger partial charge in [0.15, 0.2) is 0 Å². The van der Waals surface area contributed by atoms with E-state index in [4.69, 9.17) is 10.5 Å². The maximum absolute atomic E-state index is 11.9. The van der Waals surface area contributed by atoms with Gasteiger partial charge in [-0.3, -0.25) is 9.59 Å². The lowest BCUT2D eigenvalue weighted by molar-refractivity contribution is 1.07. The quantitative estimate of drug-likeness (QED) is 0.572. The zero-order valence-corrected chi connectivity index (χ0v) is 14.3. The maximum Gasteiger partial charge on any atom is 0.267 e. The average Bonchev–Trinajstić information content (AvgIpc) is 2.62. The van der Waals surface area contributed by atoms with Gasteiger partial charge in [0.1, 0.15) is 47.0 Å². The van der Waals surface area contributed by atoms with Crippen LogP contribution in [0.3, 0.4) is 0 Å². The predicted molar refractivity (Wildman–Crippen MR) is 94.6 cm³/mol. The Morgan fingerprint density at radius 1 is 0.704 bits per heavy atom. The van der Waals surface area contributed by atoms with Crippen LogP contribution < -0.4 is 21.8 Å². The molecular formula is C17H12N8O2. The molecule has 0 fully saturated rings. The number of anilines is 2. The van der Waals surface area contributed by atoms with Gasteiger partial charge >= 0.3 is 0 Å². The van der Waals surface area contributed by atoms with E-state index in [0.29, 0.717) is 0 Å². The molecule has 27 heavy (non-hydrogen) atoms. The molecule has 2 rings (SSSR count). The zero-order chi connectivity index (χ0) is 20.1. The summed E-state index contributed by atoms with van der Waals surface area (Å²) in [4.78, 5) is 28.6. The van der Waals surface area contributed by atoms with Crippen LogP contribution in [0.1, 0.15) is 33.4 Å². The second-order valence-electron chi connectivity index (χ2n) is 5.39. The molecule has 0 amide bonds. The van der Waals surface area contributed by atoms with Gasteiger partial charge in [0.2, 0.25) is 0 Å². The molecule has 0 spiro atoms. The van der Waals surface area contributed by atoms with Crippen LogP contribution >= 0.6 is 0 Å². The molecule has 0 atom stereocenters. The first-order valence-electron chi connectivity index (χ1n) is 7.51. The van der Waals surface area contributed by atoms with Crippen LogP contribution in [-0.2, 0) is 0 Å². The summed E-state index contributed by atoms with van der Waals surface area (Å²) in [7, 11) is 0. The number of H-pyrrole nitrogens is 2. The van der Waals surface area contributed by atoms with Gasteiger partial charge in [0.05, 0.1) is 17.8 Å². The van der Waals surface area contributed by atoms with Crippen molar-refractivity contribution in [2.75, 3.05) is 17.3 Å². The van der Waals surface area contributed by atoms with E-state index in [9.17, 15) is 20.1 Å². The van der Waals surface area contributed by atoms with Crippen molar-refractivity contribution in [3.8, 4) is 24.3 Å². The van der Waals surface area contributed by atoms with E-state index >= 15 is 0 Å². The lowest BCUT2D eigenvalue weighted by Gasteiger charge is -2.13. The van der Waals surface area contributed by atoms with E-state index in [1.54, 1.807) is 12.1 Å². The molecule has 0 radical (unpaired) electrons. The van der Waals surface area contributed by atoms with Crippen molar-refractivity contribution in [2.24, 2.45) is 0 Å². The molecule has 0 unspecified atom stereocenters. The summed E-state index contributed by atoms with van der Waals surface area (Å²) in [6.45, 7) is 2.91. The molecule has 0 bridgehead atoms. The van der Waals surface area contributed by atoms with Gasteiger partial charge in [-0.15, -0.1) is 0 Å². The normalized spacial score (nSPS) is 9.41. The standard InChI is InChI=1S/C17H12N8O2/c1-8-10(3-18)14(24-16(26)12(8)5-20)22-7-23-15-11(4-19)9(2)13(6-21)17(27)25-15/h7H2,1-2H3,(H2,22,24,26)(H2,23,25,27). The minimum atomic E-state index is -0.642. The number of aromatic nitrogens is 2. The van der Waals surface area contributed by atoms with Crippen molar-refractivity contribution in [3.05, 3.63) is 54.1 Å². The van der Waals surface area contributed by atoms with Crippen molar-refractivity contribution in [3.63, 3.8) is 0 Å². The summed E-state index contributed by atoms with van der Waals surface area (Å²) in [5.74, 6) is 0.190. The van der Waals surface area contributed by atoms with Crippen LogP contribution in [0, 0.1) is 59.2 Å². The summed E-state index contributed by atoms with van der Waals surface area (Å²) in [6, 6.07) is 7.32. The zero-order valence-electron chi connectivity index (χ0n) is 14.3. The molecule has 2 aromatic heterocycles. The van der Waals surface area contributed by atoms with Crippen molar-refractivity contribution >= 4 is 11.6 Å². The second kappa shape index (κ2) is 7.57. The minimum Gasteiger partial charge on any atom is -0.353 e. The smallest absolute Gasteiger partial charge is 0.267 e. The van der Waals surface area contributed by atoms with Crippen molar-refractivity contribution < 1.29 is 0 Å². The molecule has 132 valence electrons. The van der Waals surface area contributed by atoms with Gasteiger partial charge in [-0.1, -0.05) is 0 Å². The van der Waals surface area contributed by atoms with E-state index in [1.807, 2.05) is 12.1 Å². The summed E-state index contributed by atoms with van der Waals surface area (Å²) in [5, 5.41) is 42.1. The first kappa shape index (κ1) is 18.8. The van der Waals surface area contributed by atoms with Gasteiger partial charge < -0.3 is 20.6 Å². The molecule has 2 heterocycles. The van der Waals surface area contributed by atoms with E-state index < -0.39 is 11.1 Å². The fourth-order valence-electron chi connectivity index (χ4n) is 2.48. The molecule has 10 heteroatoms. The number of hydrogen-bond acceptors (Lipinski definition) is 8. The summed E-state index contributed by atoms with van der Waals surface area (Å²) < 4.78 is 0. The Bertz CT molecular complexity index is 1110. The average molecular weight is 360 g/mol. The van der Waals surface area contributed by atoms with Gasteiger partial charge in [0.25, 0.3) is 11.1 Å².